The quantitative estimate of drug-likeness (QED) is 0.829. The Morgan fingerprint density at radius 1 is 1.55 bits per heavy atom. The Morgan fingerprint density at radius 2 is 2.35 bits per heavy atom. The van der Waals surface area contributed by atoms with Gasteiger partial charge in [0.1, 0.15) is 5.75 Å². The van der Waals surface area contributed by atoms with Crippen molar-refractivity contribution in [2.45, 2.75) is 39.0 Å². The molecule has 0 aliphatic heterocycles. The van der Waals surface area contributed by atoms with Crippen LogP contribution >= 0.6 is 15.9 Å². The summed E-state index contributed by atoms with van der Waals surface area (Å²) in [5, 5.41) is 9.56. The second kappa shape index (κ2) is 6.61. The van der Waals surface area contributed by atoms with Crippen molar-refractivity contribution in [1.29, 1.82) is 0 Å². The monoisotopic (exact) mass is 340 g/mol. The molecule has 1 aliphatic carbocycles. The van der Waals surface area contributed by atoms with Gasteiger partial charge >= 0.3 is 5.97 Å². The summed E-state index contributed by atoms with van der Waals surface area (Å²) in [5.41, 5.74) is -0.577. The Morgan fingerprint density at radius 3 is 2.95 bits per heavy atom. The number of rotatable bonds is 6. The molecular formula is C16H21BrO3. The van der Waals surface area contributed by atoms with Gasteiger partial charge in [-0.15, -0.1) is 0 Å². The van der Waals surface area contributed by atoms with Crippen LogP contribution in [0.25, 0.3) is 0 Å². The average Bonchev–Trinajstić information content (AvgIpc) is 2.84. The number of ether oxygens (including phenoxy) is 1. The lowest BCUT2D eigenvalue weighted by atomic mass is 9.82. The molecule has 0 aromatic heterocycles. The van der Waals surface area contributed by atoms with E-state index in [1.54, 1.807) is 0 Å². The zero-order chi connectivity index (χ0) is 14.6. The fourth-order valence-electron chi connectivity index (χ4n) is 3.03. The number of carboxylic acid groups (broad SMARTS) is 1. The second-order valence-electron chi connectivity index (χ2n) is 5.66. The zero-order valence-corrected chi connectivity index (χ0v) is 13.4. The number of halogens is 1. The molecule has 1 aromatic carbocycles. The van der Waals surface area contributed by atoms with Gasteiger partial charge in [0.15, 0.2) is 0 Å². The van der Waals surface area contributed by atoms with Gasteiger partial charge in [-0.3, -0.25) is 4.79 Å². The summed E-state index contributed by atoms with van der Waals surface area (Å²) in [6, 6.07) is 7.64. The van der Waals surface area contributed by atoms with Gasteiger partial charge in [0, 0.05) is 4.47 Å². The molecule has 1 aliphatic rings. The summed E-state index contributed by atoms with van der Waals surface area (Å²) in [7, 11) is 0. The van der Waals surface area contributed by atoms with Crippen LogP contribution in [-0.2, 0) is 4.79 Å². The number of benzene rings is 1. The summed E-state index contributed by atoms with van der Waals surface area (Å²) in [4.78, 5) is 11.6. The summed E-state index contributed by atoms with van der Waals surface area (Å²) in [5.74, 6) is 0.674. The van der Waals surface area contributed by atoms with Crippen LogP contribution in [-0.4, -0.2) is 17.7 Å². The highest BCUT2D eigenvalue weighted by molar-refractivity contribution is 9.10. The Kier molecular flexibility index (Phi) is 5.08. The van der Waals surface area contributed by atoms with Crippen molar-refractivity contribution < 1.29 is 14.6 Å². The molecule has 1 fully saturated rings. The lowest BCUT2D eigenvalue weighted by Crippen LogP contribution is -2.30. The van der Waals surface area contributed by atoms with Gasteiger partial charge < -0.3 is 9.84 Å². The summed E-state index contributed by atoms with van der Waals surface area (Å²) in [6.07, 6.45) is 4.26. The van der Waals surface area contributed by atoms with Crippen molar-refractivity contribution in [3.8, 4) is 5.75 Å². The molecule has 1 aromatic rings. The third-order valence-corrected chi connectivity index (χ3v) is 4.88. The van der Waals surface area contributed by atoms with Crippen LogP contribution < -0.4 is 4.74 Å². The lowest BCUT2D eigenvalue weighted by Gasteiger charge is -2.24. The molecule has 4 heteroatoms. The number of carboxylic acids is 1. The molecule has 0 radical (unpaired) electrons. The van der Waals surface area contributed by atoms with Crippen molar-refractivity contribution >= 4 is 21.9 Å². The second-order valence-corrected chi connectivity index (χ2v) is 6.57. The van der Waals surface area contributed by atoms with Crippen LogP contribution in [0.5, 0.6) is 5.75 Å². The van der Waals surface area contributed by atoms with Crippen LogP contribution in [0, 0.1) is 11.3 Å². The first-order valence-electron chi connectivity index (χ1n) is 7.17. The molecule has 2 atom stereocenters. The highest BCUT2D eigenvalue weighted by Gasteiger charge is 2.44. The van der Waals surface area contributed by atoms with E-state index >= 15 is 0 Å². The molecule has 0 bridgehead atoms. The molecule has 20 heavy (non-hydrogen) atoms. The largest absolute Gasteiger partial charge is 0.494 e. The number of carbonyl (C=O) groups is 1. The van der Waals surface area contributed by atoms with Gasteiger partial charge in [-0.2, -0.15) is 0 Å². The third kappa shape index (κ3) is 3.54. The first-order valence-corrected chi connectivity index (χ1v) is 7.97. The van der Waals surface area contributed by atoms with E-state index < -0.39 is 11.4 Å². The Hall–Kier alpha value is -1.03. The highest BCUT2D eigenvalue weighted by atomic mass is 79.9. The first-order chi connectivity index (χ1) is 9.55. The van der Waals surface area contributed by atoms with Gasteiger partial charge in [-0.1, -0.05) is 35.3 Å². The molecule has 0 spiro atoms. The number of hydrogen-bond donors (Lipinski definition) is 1. The van der Waals surface area contributed by atoms with E-state index in [0.717, 1.165) is 35.9 Å². The average molecular weight is 341 g/mol. The van der Waals surface area contributed by atoms with E-state index in [1.165, 1.54) is 0 Å². The highest BCUT2D eigenvalue weighted by Crippen LogP contribution is 2.45. The zero-order valence-electron chi connectivity index (χ0n) is 11.8. The smallest absolute Gasteiger partial charge is 0.309 e. The lowest BCUT2D eigenvalue weighted by molar-refractivity contribution is -0.149. The predicted octanol–water partition coefficient (Wildman–Crippen LogP) is 4.50. The van der Waals surface area contributed by atoms with Crippen LogP contribution in [0.1, 0.15) is 39.0 Å². The molecule has 1 N–H and O–H groups in total. The minimum absolute atomic E-state index is 0.458. The van der Waals surface area contributed by atoms with Crippen molar-refractivity contribution in [3.63, 3.8) is 0 Å². The van der Waals surface area contributed by atoms with Crippen LogP contribution in [0.4, 0.5) is 0 Å². The molecular weight excluding hydrogens is 320 g/mol. The third-order valence-electron chi connectivity index (χ3n) is 4.39. The minimum Gasteiger partial charge on any atom is -0.494 e. The minimum atomic E-state index is -0.661. The van der Waals surface area contributed by atoms with Gasteiger partial charge in [0.05, 0.1) is 12.0 Å². The van der Waals surface area contributed by atoms with Gasteiger partial charge in [-0.25, -0.2) is 0 Å². The molecule has 2 unspecified atom stereocenters. The van der Waals surface area contributed by atoms with Crippen molar-refractivity contribution in [2.24, 2.45) is 11.3 Å². The summed E-state index contributed by atoms with van der Waals surface area (Å²) in [6.45, 7) is 2.60. The Bertz CT molecular complexity index is 475. The van der Waals surface area contributed by atoms with Crippen LogP contribution in [0.2, 0.25) is 0 Å². The summed E-state index contributed by atoms with van der Waals surface area (Å²) < 4.78 is 6.67. The van der Waals surface area contributed by atoms with E-state index in [0.29, 0.717) is 18.9 Å². The van der Waals surface area contributed by atoms with Crippen molar-refractivity contribution in [1.82, 2.24) is 0 Å². The summed E-state index contributed by atoms with van der Waals surface area (Å²) >= 11 is 3.40. The maximum atomic E-state index is 11.6. The maximum absolute atomic E-state index is 11.6. The van der Waals surface area contributed by atoms with E-state index in [2.05, 4.69) is 22.9 Å². The van der Waals surface area contributed by atoms with Gasteiger partial charge in [0.25, 0.3) is 0 Å². The molecule has 0 heterocycles. The molecule has 2 rings (SSSR count). The normalized spacial score (nSPS) is 25.6. The van der Waals surface area contributed by atoms with Gasteiger partial charge in [-0.05, 0) is 49.8 Å². The number of hydrogen-bond acceptors (Lipinski definition) is 2. The van der Waals surface area contributed by atoms with E-state index in [9.17, 15) is 9.90 Å². The topological polar surface area (TPSA) is 46.5 Å². The maximum Gasteiger partial charge on any atom is 0.309 e. The fourth-order valence-corrected chi connectivity index (χ4v) is 3.41. The van der Waals surface area contributed by atoms with Gasteiger partial charge in [0.2, 0.25) is 0 Å². The molecule has 0 amide bonds. The molecule has 1 saturated carbocycles. The van der Waals surface area contributed by atoms with Crippen LogP contribution in [0.3, 0.4) is 0 Å². The first kappa shape index (κ1) is 15.4. The molecule has 0 saturated heterocycles. The van der Waals surface area contributed by atoms with Crippen LogP contribution in [0.15, 0.2) is 28.7 Å². The van der Waals surface area contributed by atoms with E-state index in [4.69, 9.17) is 4.74 Å². The Balaban J connectivity index is 1.92. The Labute approximate surface area is 128 Å². The van der Waals surface area contributed by atoms with Crippen molar-refractivity contribution in [3.05, 3.63) is 28.7 Å². The molecule has 110 valence electrons. The predicted molar refractivity (Wildman–Crippen MR) is 82.0 cm³/mol. The molecule has 3 nitrogen and oxygen atoms in total. The SMILES string of the molecule is CCC1CCC(CCOc2cccc(Br)c2)(C(=O)O)C1. The van der Waals surface area contributed by atoms with Crippen molar-refractivity contribution in [2.75, 3.05) is 6.61 Å². The standard InChI is InChI=1S/C16H21BrO3/c1-2-12-6-7-16(11-12,15(18)19)8-9-20-14-5-3-4-13(17)10-14/h3-5,10,12H,2,6-9,11H2,1H3,(H,18,19). The fraction of sp³-hybridized carbons (Fsp3) is 0.562. The number of aliphatic carboxylic acids is 1. The van der Waals surface area contributed by atoms with E-state index in [1.807, 2.05) is 24.3 Å². The van der Waals surface area contributed by atoms with E-state index in [-0.39, 0.29) is 0 Å².